The Balaban J connectivity index is 1.80. The van der Waals surface area contributed by atoms with Crippen LogP contribution >= 0.6 is 11.3 Å². The van der Waals surface area contributed by atoms with Gasteiger partial charge in [-0.2, -0.15) is 4.39 Å². The summed E-state index contributed by atoms with van der Waals surface area (Å²) in [4.78, 5) is 21.9. The number of hydrogen-bond acceptors (Lipinski definition) is 9. The van der Waals surface area contributed by atoms with Crippen molar-refractivity contribution in [2.24, 2.45) is 5.16 Å². The van der Waals surface area contributed by atoms with Crippen LogP contribution < -0.4 is 10.0 Å². The smallest absolute Gasteiger partial charge is 0.280 e. The second-order valence-corrected chi connectivity index (χ2v) is 9.12. The van der Waals surface area contributed by atoms with Crippen molar-refractivity contribution in [1.82, 2.24) is 9.71 Å². The number of aromatic nitrogens is 1. The second kappa shape index (κ2) is 10.7. The first-order chi connectivity index (χ1) is 14.9. The summed E-state index contributed by atoms with van der Waals surface area (Å²) in [5.41, 5.74) is 0.197. The Morgan fingerprint density at radius 2 is 2.16 bits per heavy atom. The number of thiazole rings is 1. The van der Waals surface area contributed by atoms with Crippen molar-refractivity contribution in [3.8, 4) is 0 Å². The minimum Gasteiger partial charge on any atom is -0.389 e. The van der Waals surface area contributed by atoms with Crippen LogP contribution in [0.25, 0.3) is 0 Å². The van der Waals surface area contributed by atoms with E-state index in [0.29, 0.717) is 36.5 Å². The molecule has 31 heavy (non-hydrogen) atoms. The van der Waals surface area contributed by atoms with Crippen LogP contribution in [-0.2, 0) is 29.1 Å². The molecule has 0 radical (unpaired) electrons. The van der Waals surface area contributed by atoms with Crippen LogP contribution in [0, 0.1) is 5.13 Å². The van der Waals surface area contributed by atoms with E-state index in [1.54, 1.807) is 0 Å². The van der Waals surface area contributed by atoms with Crippen LogP contribution in [0.5, 0.6) is 0 Å². The molecular weight excluding hydrogens is 451 g/mol. The molecule has 1 aromatic carbocycles. The van der Waals surface area contributed by atoms with E-state index in [-0.39, 0.29) is 35.0 Å². The van der Waals surface area contributed by atoms with Crippen LogP contribution in [0.4, 0.5) is 9.52 Å². The number of benzene rings is 1. The summed E-state index contributed by atoms with van der Waals surface area (Å²) in [6, 6.07) is 5.55. The molecule has 13 heteroatoms. The molecule has 0 unspecified atom stereocenters. The molecule has 0 bridgehead atoms. The van der Waals surface area contributed by atoms with Gasteiger partial charge in [-0.1, -0.05) is 28.6 Å². The maximum atomic E-state index is 13.2. The molecule has 0 aliphatic carbocycles. The highest BCUT2D eigenvalue weighted by Gasteiger charge is 2.22. The van der Waals surface area contributed by atoms with Gasteiger partial charge in [0.25, 0.3) is 5.91 Å². The number of methoxy groups -OCH3 is 1. The lowest BCUT2D eigenvalue weighted by atomic mass is 10.1. The van der Waals surface area contributed by atoms with Crippen molar-refractivity contribution in [3.63, 3.8) is 0 Å². The van der Waals surface area contributed by atoms with Gasteiger partial charge in [0.05, 0.1) is 30.9 Å². The molecule has 1 aromatic heterocycles. The first kappa shape index (κ1) is 23.2. The fourth-order valence-corrected chi connectivity index (χ4v) is 4.12. The normalized spacial score (nSPS) is 17.0. The Hall–Kier alpha value is -2.45. The van der Waals surface area contributed by atoms with Gasteiger partial charge < -0.3 is 14.3 Å². The number of oxime groups is 1. The topological polar surface area (TPSA) is 128 Å². The van der Waals surface area contributed by atoms with Crippen LogP contribution in [0.1, 0.15) is 12.0 Å². The molecule has 2 heterocycles. The standard InChI is InChI=1S/C18H21FN4O6S2/c1-27-9-7-21-31(25,26)14-4-2-12(3-5-14)16(23-29-13-6-8-28-11-13)17(24)22-18-20-10-15(19)30-18/h2-5,10,13,21H,6-9,11H2,1H3,(H,20,22,24)/b23-16+/t13-/m1/s1. The van der Waals surface area contributed by atoms with Gasteiger partial charge in [-0.25, -0.2) is 18.1 Å². The summed E-state index contributed by atoms with van der Waals surface area (Å²) in [6.07, 6.45) is 1.31. The maximum absolute atomic E-state index is 13.2. The zero-order valence-electron chi connectivity index (χ0n) is 16.5. The van der Waals surface area contributed by atoms with Crippen molar-refractivity contribution in [3.05, 3.63) is 41.2 Å². The third-order valence-electron chi connectivity index (χ3n) is 4.13. The van der Waals surface area contributed by atoms with Gasteiger partial charge >= 0.3 is 0 Å². The second-order valence-electron chi connectivity index (χ2n) is 6.37. The lowest BCUT2D eigenvalue weighted by Gasteiger charge is -2.11. The summed E-state index contributed by atoms with van der Waals surface area (Å²) in [5, 5.41) is 5.92. The molecule has 3 rings (SSSR count). The van der Waals surface area contributed by atoms with Crippen LogP contribution in [0.15, 0.2) is 40.5 Å². The number of nitrogens with one attached hydrogen (secondary N) is 2. The Labute approximate surface area is 182 Å². The van der Waals surface area contributed by atoms with E-state index in [2.05, 4.69) is 20.2 Å². The fourth-order valence-electron chi connectivity index (χ4n) is 2.57. The van der Waals surface area contributed by atoms with Crippen LogP contribution in [0.2, 0.25) is 0 Å². The maximum Gasteiger partial charge on any atom is 0.280 e. The molecule has 2 aromatic rings. The van der Waals surface area contributed by atoms with E-state index >= 15 is 0 Å². The highest BCUT2D eigenvalue weighted by atomic mass is 32.2. The number of amides is 1. The van der Waals surface area contributed by atoms with Gasteiger partial charge in [-0.3, -0.25) is 10.1 Å². The Kier molecular flexibility index (Phi) is 8.03. The SMILES string of the molecule is COCCNS(=O)(=O)c1ccc(/C(=N\O[C@@H]2CCOC2)C(=O)Nc2ncc(F)s2)cc1. The van der Waals surface area contributed by atoms with Crippen molar-refractivity contribution < 1.29 is 31.9 Å². The molecule has 168 valence electrons. The number of sulfonamides is 1. The molecular formula is C18H21FN4O6S2. The largest absolute Gasteiger partial charge is 0.389 e. The zero-order valence-corrected chi connectivity index (χ0v) is 18.2. The number of carbonyl (C=O) groups is 1. The summed E-state index contributed by atoms with van der Waals surface area (Å²) in [6.45, 7) is 1.23. The monoisotopic (exact) mass is 472 g/mol. The number of ether oxygens (including phenoxy) is 2. The summed E-state index contributed by atoms with van der Waals surface area (Å²) in [7, 11) is -2.27. The van der Waals surface area contributed by atoms with E-state index in [4.69, 9.17) is 14.3 Å². The van der Waals surface area contributed by atoms with Gasteiger partial charge in [0.1, 0.15) is 0 Å². The molecule has 1 atom stereocenters. The third-order valence-corrected chi connectivity index (χ3v) is 6.31. The lowest BCUT2D eigenvalue weighted by Crippen LogP contribution is -2.27. The molecule has 1 aliphatic heterocycles. The van der Waals surface area contributed by atoms with E-state index in [1.165, 1.54) is 31.4 Å². The minimum atomic E-state index is -3.73. The molecule has 2 N–H and O–H groups in total. The van der Waals surface area contributed by atoms with Gasteiger partial charge in [-0.05, 0) is 12.1 Å². The number of carbonyl (C=O) groups excluding carboxylic acids is 1. The molecule has 1 aliphatic rings. The number of halogens is 1. The quantitative estimate of drug-likeness (QED) is 0.303. The predicted molar refractivity (Wildman–Crippen MR) is 111 cm³/mol. The molecule has 0 saturated carbocycles. The van der Waals surface area contributed by atoms with E-state index < -0.39 is 21.1 Å². The first-order valence-corrected chi connectivity index (χ1v) is 11.5. The summed E-state index contributed by atoms with van der Waals surface area (Å²) in [5.74, 6) is -0.679. The summed E-state index contributed by atoms with van der Waals surface area (Å²) < 4.78 is 50.3. The van der Waals surface area contributed by atoms with E-state index in [1.807, 2.05) is 0 Å². The van der Waals surface area contributed by atoms with Crippen molar-refractivity contribution >= 4 is 38.1 Å². The van der Waals surface area contributed by atoms with Gasteiger partial charge in [0.2, 0.25) is 10.0 Å². The van der Waals surface area contributed by atoms with Crippen LogP contribution in [-0.4, -0.2) is 64.6 Å². The molecule has 10 nitrogen and oxygen atoms in total. The fraction of sp³-hybridized carbons (Fsp3) is 0.389. The number of rotatable bonds is 10. The molecule has 0 spiro atoms. The van der Waals surface area contributed by atoms with Crippen molar-refractivity contribution in [1.29, 1.82) is 0 Å². The zero-order chi connectivity index (χ0) is 22.3. The van der Waals surface area contributed by atoms with Gasteiger partial charge in [0, 0.05) is 25.6 Å². The first-order valence-electron chi connectivity index (χ1n) is 9.22. The van der Waals surface area contributed by atoms with Gasteiger partial charge in [0.15, 0.2) is 22.1 Å². The highest BCUT2D eigenvalue weighted by molar-refractivity contribution is 7.89. The summed E-state index contributed by atoms with van der Waals surface area (Å²) >= 11 is 0.664. The number of anilines is 1. The van der Waals surface area contributed by atoms with Crippen molar-refractivity contribution in [2.45, 2.75) is 17.4 Å². The third kappa shape index (κ3) is 6.51. The number of hydrogen-bond donors (Lipinski definition) is 2. The average Bonchev–Trinajstić information content (AvgIpc) is 3.40. The van der Waals surface area contributed by atoms with Gasteiger partial charge in [-0.15, -0.1) is 0 Å². The Bertz CT molecular complexity index is 1020. The molecule has 1 fully saturated rings. The molecule has 1 saturated heterocycles. The highest BCUT2D eigenvalue weighted by Crippen LogP contribution is 2.18. The minimum absolute atomic E-state index is 0.0132. The lowest BCUT2D eigenvalue weighted by molar-refractivity contribution is -0.110. The van der Waals surface area contributed by atoms with Crippen LogP contribution in [0.3, 0.4) is 0 Å². The Morgan fingerprint density at radius 1 is 1.39 bits per heavy atom. The van der Waals surface area contributed by atoms with E-state index in [0.717, 1.165) is 6.20 Å². The predicted octanol–water partition coefficient (Wildman–Crippen LogP) is 1.36. The number of nitrogens with zero attached hydrogens (tertiary/aromatic N) is 2. The van der Waals surface area contributed by atoms with E-state index in [9.17, 15) is 17.6 Å². The molecule has 1 amide bonds. The van der Waals surface area contributed by atoms with Crippen molar-refractivity contribution in [2.75, 3.05) is 38.8 Å². The Morgan fingerprint density at radius 3 is 2.77 bits per heavy atom. The average molecular weight is 473 g/mol.